The van der Waals surface area contributed by atoms with Crippen molar-refractivity contribution in [2.45, 2.75) is 6.10 Å². The summed E-state index contributed by atoms with van der Waals surface area (Å²) in [5.74, 6) is 0. The minimum atomic E-state index is 0.000790. The van der Waals surface area contributed by atoms with Gasteiger partial charge in [0.05, 0.1) is 45.7 Å². The average molecular weight is 429 g/mol. The Balaban J connectivity index is 2.12. The second kappa shape index (κ2) is 12.6. The number of halogens is 2. The molecule has 0 saturated heterocycles. The van der Waals surface area contributed by atoms with Crippen molar-refractivity contribution in [2.24, 2.45) is 0 Å². The summed E-state index contributed by atoms with van der Waals surface area (Å²) in [5, 5.41) is 0.742. The van der Waals surface area contributed by atoms with Gasteiger partial charge in [0.2, 0.25) is 0 Å². The topological polar surface area (TPSA) is 36.9 Å². The first-order valence-corrected chi connectivity index (χ1v) is 8.76. The Hall–Kier alpha value is 0.0800. The second-order valence-corrected chi connectivity index (χ2v) is 5.54. The van der Waals surface area contributed by atoms with Gasteiger partial charge in [-0.2, -0.15) is 0 Å². The van der Waals surface area contributed by atoms with Gasteiger partial charge in [0, 0.05) is 22.1 Å². The molecule has 0 N–H and O–H groups in total. The number of hydrogen-bond donors (Lipinski definition) is 0. The second-order valence-electron chi connectivity index (χ2n) is 4.25. The molecule has 0 bridgehead atoms. The molecule has 0 aromatic heterocycles. The SMILES string of the molecule is COCCOCCOCCOC(CI)c1ccccc1Cl. The summed E-state index contributed by atoms with van der Waals surface area (Å²) < 4.78 is 22.3. The Morgan fingerprint density at radius 1 is 1.00 bits per heavy atom. The highest BCUT2D eigenvalue weighted by Crippen LogP contribution is 2.26. The molecule has 1 aromatic rings. The zero-order chi connectivity index (χ0) is 15.3. The van der Waals surface area contributed by atoms with Crippen LogP contribution >= 0.6 is 34.2 Å². The molecule has 0 aliphatic rings. The Labute approximate surface area is 145 Å². The fourth-order valence-electron chi connectivity index (χ4n) is 1.67. The van der Waals surface area contributed by atoms with E-state index in [0.29, 0.717) is 39.6 Å². The number of alkyl halides is 1. The molecule has 21 heavy (non-hydrogen) atoms. The number of benzene rings is 1. The van der Waals surface area contributed by atoms with Crippen molar-refractivity contribution in [1.29, 1.82) is 0 Å². The first-order valence-electron chi connectivity index (χ1n) is 6.86. The standard InChI is InChI=1S/C15H22ClIO4/c1-18-6-7-19-8-9-20-10-11-21-15(12-17)13-4-2-3-5-14(13)16/h2-5,15H,6-12H2,1H3. The Kier molecular flexibility index (Phi) is 11.5. The maximum absolute atomic E-state index is 6.18. The van der Waals surface area contributed by atoms with E-state index in [9.17, 15) is 0 Å². The van der Waals surface area contributed by atoms with Gasteiger partial charge in [-0.15, -0.1) is 0 Å². The van der Waals surface area contributed by atoms with Crippen molar-refractivity contribution in [3.8, 4) is 0 Å². The van der Waals surface area contributed by atoms with Gasteiger partial charge >= 0.3 is 0 Å². The smallest absolute Gasteiger partial charge is 0.0929 e. The summed E-state index contributed by atoms with van der Waals surface area (Å²) in [6.45, 7) is 3.43. The third-order valence-corrected chi connectivity index (χ3v) is 3.89. The van der Waals surface area contributed by atoms with E-state index in [0.717, 1.165) is 15.0 Å². The van der Waals surface area contributed by atoms with Crippen molar-refractivity contribution in [3.63, 3.8) is 0 Å². The van der Waals surface area contributed by atoms with Gasteiger partial charge in [0.1, 0.15) is 0 Å². The average Bonchev–Trinajstić information content (AvgIpc) is 2.50. The molecule has 1 unspecified atom stereocenters. The lowest BCUT2D eigenvalue weighted by Crippen LogP contribution is -2.14. The van der Waals surface area contributed by atoms with E-state index < -0.39 is 0 Å². The van der Waals surface area contributed by atoms with Crippen molar-refractivity contribution >= 4 is 34.2 Å². The van der Waals surface area contributed by atoms with Crippen LogP contribution in [0.15, 0.2) is 24.3 Å². The van der Waals surface area contributed by atoms with Crippen molar-refractivity contribution in [1.82, 2.24) is 0 Å². The van der Waals surface area contributed by atoms with E-state index in [1.54, 1.807) is 7.11 Å². The molecule has 120 valence electrons. The van der Waals surface area contributed by atoms with Crippen LogP contribution in [-0.4, -0.2) is 51.2 Å². The molecule has 1 aromatic carbocycles. The van der Waals surface area contributed by atoms with Gasteiger partial charge in [0.25, 0.3) is 0 Å². The number of ether oxygens (including phenoxy) is 4. The molecule has 6 heteroatoms. The highest BCUT2D eigenvalue weighted by Gasteiger charge is 2.13. The van der Waals surface area contributed by atoms with Gasteiger partial charge in [-0.3, -0.25) is 0 Å². The minimum Gasteiger partial charge on any atom is -0.382 e. The summed E-state index contributed by atoms with van der Waals surface area (Å²) in [6, 6.07) is 7.77. The van der Waals surface area contributed by atoms with Crippen LogP contribution in [0.2, 0.25) is 5.02 Å². The molecule has 0 fully saturated rings. The van der Waals surface area contributed by atoms with Crippen LogP contribution < -0.4 is 0 Å². The van der Waals surface area contributed by atoms with E-state index in [1.807, 2.05) is 24.3 Å². The Morgan fingerprint density at radius 2 is 1.62 bits per heavy atom. The minimum absolute atomic E-state index is 0.000790. The molecule has 0 radical (unpaired) electrons. The maximum atomic E-state index is 6.18. The van der Waals surface area contributed by atoms with Crippen LogP contribution in [0, 0.1) is 0 Å². The first-order chi connectivity index (χ1) is 10.3. The fraction of sp³-hybridized carbons (Fsp3) is 0.600. The van der Waals surface area contributed by atoms with E-state index in [-0.39, 0.29) is 6.10 Å². The quantitative estimate of drug-likeness (QED) is 0.290. The third-order valence-electron chi connectivity index (χ3n) is 2.74. The van der Waals surface area contributed by atoms with Crippen LogP contribution in [0.5, 0.6) is 0 Å². The van der Waals surface area contributed by atoms with Crippen LogP contribution in [0.4, 0.5) is 0 Å². The molecule has 1 atom stereocenters. The molecule has 4 nitrogen and oxygen atoms in total. The lowest BCUT2D eigenvalue weighted by atomic mass is 10.1. The molecule has 0 amide bonds. The molecule has 0 spiro atoms. The lowest BCUT2D eigenvalue weighted by molar-refractivity contribution is -0.0109. The fourth-order valence-corrected chi connectivity index (χ4v) is 2.65. The molecule has 0 aliphatic carbocycles. The van der Waals surface area contributed by atoms with E-state index in [2.05, 4.69) is 22.6 Å². The largest absolute Gasteiger partial charge is 0.382 e. The zero-order valence-corrected chi connectivity index (χ0v) is 15.1. The predicted molar refractivity (Wildman–Crippen MR) is 92.5 cm³/mol. The predicted octanol–water partition coefficient (Wildman–Crippen LogP) is 3.51. The summed E-state index contributed by atoms with van der Waals surface area (Å²) >= 11 is 8.48. The van der Waals surface area contributed by atoms with Crippen molar-refractivity contribution in [2.75, 3.05) is 51.2 Å². The van der Waals surface area contributed by atoms with E-state index >= 15 is 0 Å². The van der Waals surface area contributed by atoms with Gasteiger partial charge in [-0.25, -0.2) is 0 Å². The normalized spacial score (nSPS) is 12.5. The van der Waals surface area contributed by atoms with E-state index in [4.69, 9.17) is 30.5 Å². The van der Waals surface area contributed by atoms with Gasteiger partial charge < -0.3 is 18.9 Å². The molecule has 0 heterocycles. The highest BCUT2D eigenvalue weighted by atomic mass is 127. The Morgan fingerprint density at radius 3 is 2.24 bits per heavy atom. The van der Waals surface area contributed by atoms with Crippen molar-refractivity contribution < 1.29 is 18.9 Å². The molecule has 0 saturated carbocycles. The number of methoxy groups -OCH3 is 1. The number of rotatable bonds is 12. The van der Waals surface area contributed by atoms with Gasteiger partial charge in [0.15, 0.2) is 0 Å². The summed E-state index contributed by atoms with van der Waals surface area (Å²) in [7, 11) is 1.65. The monoisotopic (exact) mass is 428 g/mol. The highest BCUT2D eigenvalue weighted by molar-refractivity contribution is 14.1. The third kappa shape index (κ3) is 8.32. The van der Waals surface area contributed by atoms with Gasteiger partial charge in [-0.05, 0) is 6.07 Å². The zero-order valence-electron chi connectivity index (χ0n) is 12.2. The molecular weight excluding hydrogens is 407 g/mol. The van der Waals surface area contributed by atoms with Crippen LogP contribution in [0.1, 0.15) is 11.7 Å². The van der Waals surface area contributed by atoms with E-state index in [1.165, 1.54) is 0 Å². The lowest BCUT2D eigenvalue weighted by Gasteiger charge is -2.17. The summed E-state index contributed by atoms with van der Waals surface area (Å²) in [4.78, 5) is 0. The Bertz CT molecular complexity index is 378. The van der Waals surface area contributed by atoms with Gasteiger partial charge in [-0.1, -0.05) is 52.4 Å². The summed E-state index contributed by atoms with van der Waals surface area (Å²) in [5.41, 5.74) is 1.02. The van der Waals surface area contributed by atoms with Crippen molar-refractivity contribution in [3.05, 3.63) is 34.9 Å². The maximum Gasteiger partial charge on any atom is 0.0929 e. The molecule has 1 rings (SSSR count). The van der Waals surface area contributed by atoms with Crippen LogP contribution in [-0.2, 0) is 18.9 Å². The number of hydrogen-bond acceptors (Lipinski definition) is 4. The van der Waals surface area contributed by atoms with Crippen LogP contribution in [0.3, 0.4) is 0 Å². The van der Waals surface area contributed by atoms with Crippen LogP contribution in [0.25, 0.3) is 0 Å². The molecular formula is C15H22ClIO4. The summed E-state index contributed by atoms with van der Waals surface area (Å²) in [6.07, 6.45) is 0.000790. The molecule has 0 aliphatic heterocycles. The first kappa shape index (κ1) is 19.1.